The van der Waals surface area contributed by atoms with E-state index in [1.54, 1.807) is 0 Å². The zero-order valence-corrected chi connectivity index (χ0v) is 5.90. The summed E-state index contributed by atoms with van der Waals surface area (Å²) >= 11 is 0. The van der Waals surface area contributed by atoms with Crippen LogP contribution in [0.25, 0.3) is 0 Å². The lowest BCUT2D eigenvalue weighted by Gasteiger charge is -1.98. The lowest BCUT2D eigenvalue weighted by Crippen LogP contribution is -1.92. The van der Waals surface area contributed by atoms with Crippen molar-refractivity contribution in [3.05, 3.63) is 34.9 Å². The van der Waals surface area contributed by atoms with E-state index in [0.717, 1.165) is 12.1 Å². The van der Waals surface area contributed by atoms with Gasteiger partial charge in [0.15, 0.2) is 6.29 Å². The molecule has 0 saturated heterocycles. The molecule has 0 amide bonds. The Balaban J connectivity index is 3.35. The third-order valence-corrected chi connectivity index (χ3v) is 1.37. The highest BCUT2D eigenvalue weighted by atomic mass is 19.1. The number of benzene rings is 1. The monoisotopic (exact) mass is 156 g/mol. The molecule has 0 aromatic heterocycles. The van der Waals surface area contributed by atoms with Crippen LogP contribution in [0.1, 0.15) is 15.9 Å². The van der Waals surface area contributed by atoms with Gasteiger partial charge in [-0.3, -0.25) is 4.79 Å². The molecule has 0 spiro atoms. The van der Waals surface area contributed by atoms with Crippen molar-refractivity contribution in [3.8, 4) is 0 Å². The molecule has 0 aliphatic carbocycles. The molecule has 58 valence electrons. The van der Waals surface area contributed by atoms with Crippen LogP contribution in [0.3, 0.4) is 0 Å². The van der Waals surface area contributed by atoms with E-state index in [4.69, 9.17) is 0 Å². The highest BCUT2D eigenvalue weighted by Gasteiger charge is 2.05. The number of carbonyl (C=O) groups is 1. The van der Waals surface area contributed by atoms with Gasteiger partial charge < -0.3 is 0 Å². The first-order valence-electron chi connectivity index (χ1n) is 3.06. The maximum Gasteiger partial charge on any atom is 0.153 e. The third-order valence-electron chi connectivity index (χ3n) is 1.37. The van der Waals surface area contributed by atoms with Crippen molar-refractivity contribution < 1.29 is 13.6 Å². The summed E-state index contributed by atoms with van der Waals surface area (Å²) in [6.07, 6.45) is 0.297. The van der Waals surface area contributed by atoms with E-state index < -0.39 is 11.6 Å². The molecule has 0 bridgehead atoms. The fourth-order valence-electron chi connectivity index (χ4n) is 0.837. The molecule has 11 heavy (non-hydrogen) atoms. The standard InChI is InChI=1S/C8H6F2O/c1-5-2-7(9)3-6(4-11)8(5)10/h2-4H,1H3. The van der Waals surface area contributed by atoms with Gasteiger partial charge in [-0.05, 0) is 24.6 Å². The Labute approximate surface area is 62.7 Å². The number of aryl methyl sites for hydroxylation is 1. The third kappa shape index (κ3) is 1.42. The Kier molecular flexibility index (Phi) is 1.98. The van der Waals surface area contributed by atoms with Crippen LogP contribution in [-0.2, 0) is 0 Å². The zero-order valence-electron chi connectivity index (χ0n) is 5.90. The maximum atomic E-state index is 12.8. The summed E-state index contributed by atoms with van der Waals surface area (Å²) in [6.45, 7) is 1.41. The van der Waals surface area contributed by atoms with E-state index in [2.05, 4.69) is 0 Å². The predicted molar refractivity (Wildman–Crippen MR) is 36.5 cm³/mol. The summed E-state index contributed by atoms with van der Waals surface area (Å²) in [4.78, 5) is 10.1. The van der Waals surface area contributed by atoms with Crippen LogP contribution in [0, 0.1) is 18.6 Å². The van der Waals surface area contributed by atoms with Gasteiger partial charge in [-0.15, -0.1) is 0 Å². The van der Waals surface area contributed by atoms with Crippen LogP contribution < -0.4 is 0 Å². The molecular formula is C8H6F2O. The summed E-state index contributed by atoms with van der Waals surface area (Å²) in [5, 5.41) is 0. The first-order valence-corrected chi connectivity index (χ1v) is 3.06. The summed E-state index contributed by atoms with van der Waals surface area (Å²) < 4.78 is 25.3. The number of aldehydes is 1. The van der Waals surface area contributed by atoms with Gasteiger partial charge in [0.25, 0.3) is 0 Å². The Hall–Kier alpha value is -1.25. The summed E-state index contributed by atoms with van der Waals surface area (Å²) in [5.74, 6) is -1.24. The summed E-state index contributed by atoms with van der Waals surface area (Å²) in [6, 6.07) is 1.91. The van der Waals surface area contributed by atoms with Gasteiger partial charge in [0, 0.05) is 0 Å². The number of hydrogen-bond donors (Lipinski definition) is 0. The summed E-state index contributed by atoms with van der Waals surface area (Å²) in [7, 11) is 0. The molecule has 0 aliphatic rings. The average Bonchev–Trinajstić information content (AvgIpc) is 1.96. The van der Waals surface area contributed by atoms with Crippen molar-refractivity contribution in [2.45, 2.75) is 6.92 Å². The molecule has 3 heteroatoms. The van der Waals surface area contributed by atoms with Gasteiger partial charge in [-0.1, -0.05) is 0 Å². The molecule has 0 fully saturated rings. The second-order valence-corrected chi connectivity index (χ2v) is 2.24. The minimum Gasteiger partial charge on any atom is -0.298 e. The van der Waals surface area contributed by atoms with E-state index in [9.17, 15) is 13.6 Å². The molecule has 1 nitrogen and oxygen atoms in total. The van der Waals surface area contributed by atoms with Crippen molar-refractivity contribution in [2.24, 2.45) is 0 Å². The molecule has 0 aliphatic heterocycles. The van der Waals surface area contributed by atoms with Gasteiger partial charge in [0.05, 0.1) is 5.56 Å². The lowest BCUT2D eigenvalue weighted by atomic mass is 10.1. The minimum absolute atomic E-state index is 0.145. The molecular weight excluding hydrogens is 150 g/mol. The molecule has 0 heterocycles. The van der Waals surface area contributed by atoms with Gasteiger partial charge in [0.2, 0.25) is 0 Å². The Morgan fingerprint density at radius 3 is 2.55 bits per heavy atom. The van der Waals surface area contributed by atoms with Gasteiger partial charge >= 0.3 is 0 Å². The highest BCUT2D eigenvalue weighted by molar-refractivity contribution is 5.75. The molecule has 0 unspecified atom stereocenters. The number of carbonyl (C=O) groups excluding carboxylic acids is 1. The fourth-order valence-corrected chi connectivity index (χ4v) is 0.837. The van der Waals surface area contributed by atoms with Crippen molar-refractivity contribution >= 4 is 6.29 Å². The lowest BCUT2D eigenvalue weighted by molar-refractivity contribution is 0.111. The van der Waals surface area contributed by atoms with Crippen LogP contribution in [0.15, 0.2) is 12.1 Å². The molecule has 1 aromatic rings. The first-order chi connectivity index (χ1) is 5.15. The van der Waals surface area contributed by atoms with E-state index in [1.807, 2.05) is 0 Å². The van der Waals surface area contributed by atoms with Crippen molar-refractivity contribution in [3.63, 3.8) is 0 Å². The molecule has 0 atom stereocenters. The van der Waals surface area contributed by atoms with E-state index in [-0.39, 0.29) is 11.1 Å². The van der Waals surface area contributed by atoms with E-state index >= 15 is 0 Å². The Morgan fingerprint density at radius 2 is 2.00 bits per heavy atom. The van der Waals surface area contributed by atoms with Gasteiger partial charge in [-0.25, -0.2) is 8.78 Å². The van der Waals surface area contributed by atoms with Gasteiger partial charge in [0.1, 0.15) is 11.6 Å². The number of rotatable bonds is 1. The Bertz CT molecular complexity index is 294. The van der Waals surface area contributed by atoms with Crippen LogP contribution in [0.4, 0.5) is 8.78 Å². The maximum absolute atomic E-state index is 12.8. The van der Waals surface area contributed by atoms with Crippen LogP contribution in [0.5, 0.6) is 0 Å². The van der Waals surface area contributed by atoms with Crippen LogP contribution in [-0.4, -0.2) is 6.29 Å². The molecule has 1 rings (SSSR count). The number of hydrogen-bond acceptors (Lipinski definition) is 1. The fraction of sp³-hybridized carbons (Fsp3) is 0.125. The molecule has 1 aromatic carbocycles. The second-order valence-electron chi connectivity index (χ2n) is 2.24. The molecule has 0 N–H and O–H groups in total. The Morgan fingerprint density at radius 1 is 1.36 bits per heavy atom. The van der Waals surface area contributed by atoms with Crippen molar-refractivity contribution in [1.29, 1.82) is 0 Å². The first kappa shape index (κ1) is 7.85. The average molecular weight is 156 g/mol. The van der Waals surface area contributed by atoms with Gasteiger partial charge in [-0.2, -0.15) is 0 Å². The minimum atomic E-state index is -0.651. The van der Waals surface area contributed by atoms with Crippen LogP contribution in [0.2, 0.25) is 0 Å². The van der Waals surface area contributed by atoms with Crippen molar-refractivity contribution in [2.75, 3.05) is 0 Å². The summed E-state index contributed by atoms with van der Waals surface area (Å²) in [5.41, 5.74) is -0.0883. The topological polar surface area (TPSA) is 17.1 Å². The SMILES string of the molecule is Cc1cc(F)cc(C=O)c1F. The second kappa shape index (κ2) is 2.78. The normalized spacial score (nSPS) is 9.73. The zero-order chi connectivity index (χ0) is 8.43. The predicted octanol–water partition coefficient (Wildman–Crippen LogP) is 2.09. The molecule has 0 radical (unpaired) electrons. The highest BCUT2D eigenvalue weighted by Crippen LogP contribution is 2.12. The van der Waals surface area contributed by atoms with Crippen molar-refractivity contribution in [1.82, 2.24) is 0 Å². The van der Waals surface area contributed by atoms with E-state index in [0.29, 0.717) is 6.29 Å². The van der Waals surface area contributed by atoms with Crippen LogP contribution >= 0.6 is 0 Å². The quantitative estimate of drug-likeness (QED) is 0.569. The molecule has 0 saturated carbocycles. The smallest absolute Gasteiger partial charge is 0.153 e. The largest absolute Gasteiger partial charge is 0.298 e. The van der Waals surface area contributed by atoms with E-state index in [1.165, 1.54) is 6.92 Å². The number of halogens is 2.